The molecule has 14 heavy (non-hydrogen) atoms. The zero-order chi connectivity index (χ0) is 11.0. The van der Waals surface area contributed by atoms with Gasteiger partial charge in [0.2, 0.25) is 5.91 Å². The van der Waals surface area contributed by atoms with Crippen LogP contribution in [0.5, 0.6) is 0 Å². The van der Waals surface area contributed by atoms with Crippen LogP contribution in [0.4, 0.5) is 0 Å². The molecule has 0 saturated heterocycles. The lowest BCUT2D eigenvalue weighted by Gasteiger charge is -2.40. The minimum Gasteiger partial charge on any atom is -0.391 e. The van der Waals surface area contributed by atoms with Gasteiger partial charge in [0.05, 0.1) is 17.2 Å². The molecule has 4 nitrogen and oxygen atoms in total. The number of hydrogen-bond donors (Lipinski definition) is 3. The molecule has 1 unspecified atom stereocenters. The Kier molecular flexibility index (Phi) is 2.88. The smallest absolute Gasteiger partial charge is 0.240 e. The number of amides is 1. The van der Waals surface area contributed by atoms with Gasteiger partial charge in [-0.3, -0.25) is 4.79 Å². The highest BCUT2D eigenvalue weighted by Crippen LogP contribution is 2.29. The first kappa shape index (κ1) is 11.5. The van der Waals surface area contributed by atoms with Gasteiger partial charge in [0, 0.05) is 0 Å². The SMILES string of the molecule is CC(O)C(C)(C)NC(=O)C1(N)CCC1. The molecule has 0 aliphatic heterocycles. The van der Waals surface area contributed by atoms with E-state index >= 15 is 0 Å². The number of rotatable bonds is 3. The number of nitrogens with two attached hydrogens (primary N) is 1. The van der Waals surface area contributed by atoms with Gasteiger partial charge in [-0.25, -0.2) is 0 Å². The van der Waals surface area contributed by atoms with E-state index in [1.807, 2.05) is 0 Å². The van der Waals surface area contributed by atoms with Gasteiger partial charge < -0.3 is 16.2 Å². The number of carbonyl (C=O) groups is 1. The molecule has 82 valence electrons. The van der Waals surface area contributed by atoms with E-state index in [1.54, 1.807) is 20.8 Å². The molecule has 0 aromatic carbocycles. The van der Waals surface area contributed by atoms with E-state index in [-0.39, 0.29) is 5.91 Å². The first-order valence-corrected chi connectivity index (χ1v) is 5.07. The largest absolute Gasteiger partial charge is 0.391 e. The molecule has 1 fully saturated rings. The van der Waals surface area contributed by atoms with Crippen LogP contribution in [0.25, 0.3) is 0 Å². The number of carbonyl (C=O) groups excluding carboxylic acids is 1. The Morgan fingerprint density at radius 2 is 2.07 bits per heavy atom. The van der Waals surface area contributed by atoms with Gasteiger partial charge >= 0.3 is 0 Å². The Labute approximate surface area is 84.9 Å². The first-order valence-electron chi connectivity index (χ1n) is 5.07. The summed E-state index contributed by atoms with van der Waals surface area (Å²) in [5.74, 6) is -0.144. The third kappa shape index (κ3) is 2.07. The van der Waals surface area contributed by atoms with Crippen molar-refractivity contribution in [1.29, 1.82) is 0 Å². The van der Waals surface area contributed by atoms with Crippen LogP contribution in [0, 0.1) is 0 Å². The second kappa shape index (κ2) is 3.51. The Morgan fingerprint density at radius 1 is 1.57 bits per heavy atom. The lowest BCUT2D eigenvalue weighted by Crippen LogP contribution is -2.64. The second-order valence-electron chi connectivity index (χ2n) is 4.86. The predicted molar refractivity (Wildman–Crippen MR) is 54.7 cm³/mol. The summed E-state index contributed by atoms with van der Waals surface area (Å²) in [6, 6.07) is 0. The standard InChI is InChI=1S/C10H20N2O2/c1-7(13)9(2,3)12-8(14)10(11)5-4-6-10/h7,13H,4-6,11H2,1-3H3,(H,12,14). The van der Waals surface area contributed by atoms with E-state index in [1.165, 1.54) is 0 Å². The summed E-state index contributed by atoms with van der Waals surface area (Å²) in [5.41, 5.74) is 4.56. The second-order valence-corrected chi connectivity index (χ2v) is 4.86. The number of aliphatic hydroxyl groups excluding tert-OH is 1. The Morgan fingerprint density at radius 3 is 2.36 bits per heavy atom. The fraction of sp³-hybridized carbons (Fsp3) is 0.900. The molecule has 1 rings (SSSR count). The third-order valence-electron chi connectivity index (χ3n) is 3.18. The molecule has 0 radical (unpaired) electrons. The van der Waals surface area contributed by atoms with Gasteiger partial charge in [-0.1, -0.05) is 0 Å². The topological polar surface area (TPSA) is 75.3 Å². The van der Waals surface area contributed by atoms with Crippen molar-refractivity contribution in [3.05, 3.63) is 0 Å². The van der Waals surface area contributed by atoms with Crippen LogP contribution in [-0.2, 0) is 4.79 Å². The van der Waals surface area contributed by atoms with E-state index in [0.717, 1.165) is 19.3 Å². The van der Waals surface area contributed by atoms with Crippen molar-refractivity contribution in [2.24, 2.45) is 5.73 Å². The maximum atomic E-state index is 11.7. The monoisotopic (exact) mass is 200 g/mol. The molecular formula is C10H20N2O2. The molecule has 1 amide bonds. The van der Waals surface area contributed by atoms with Gasteiger partial charge in [0.15, 0.2) is 0 Å². The van der Waals surface area contributed by atoms with E-state index in [4.69, 9.17) is 5.73 Å². The number of hydrogen-bond acceptors (Lipinski definition) is 3. The third-order valence-corrected chi connectivity index (χ3v) is 3.18. The quantitative estimate of drug-likeness (QED) is 0.606. The molecule has 1 atom stereocenters. The van der Waals surface area contributed by atoms with Crippen LogP contribution in [0.1, 0.15) is 40.0 Å². The summed E-state index contributed by atoms with van der Waals surface area (Å²) in [6.07, 6.45) is 1.91. The Hall–Kier alpha value is -0.610. The van der Waals surface area contributed by atoms with Crippen molar-refractivity contribution in [2.45, 2.75) is 57.2 Å². The fourth-order valence-corrected chi connectivity index (χ4v) is 1.31. The molecule has 0 aromatic rings. The van der Waals surface area contributed by atoms with Crippen LogP contribution >= 0.6 is 0 Å². The van der Waals surface area contributed by atoms with Gasteiger partial charge in [-0.2, -0.15) is 0 Å². The highest BCUT2D eigenvalue weighted by molar-refractivity contribution is 5.87. The van der Waals surface area contributed by atoms with Crippen LogP contribution < -0.4 is 11.1 Å². The van der Waals surface area contributed by atoms with Crippen molar-refractivity contribution in [1.82, 2.24) is 5.32 Å². The Bertz CT molecular complexity index is 232. The van der Waals surface area contributed by atoms with Crippen molar-refractivity contribution in [3.8, 4) is 0 Å². The summed E-state index contributed by atoms with van der Waals surface area (Å²) >= 11 is 0. The van der Waals surface area contributed by atoms with Gasteiger partial charge in [-0.05, 0) is 40.0 Å². The van der Waals surface area contributed by atoms with E-state index < -0.39 is 17.2 Å². The molecule has 0 spiro atoms. The summed E-state index contributed by atoms with van der Waals surface area (Å²) < 4.78 is 0. The van der Waals surface area contributed by atoms with Gasteiger partial charge in [0.25, 0.3) is 0 Å². The number of nitrogens with one attached hydrogen (secondary N) is 1. The van der Waals surface area contributed by atoms with Crippen molar-refractivity contribution < 1.29 is 9.90 Å². The van der Waals surface area contributed by atoms with Crippen LogP contribution in [0.2, 0.25) is 0 Å². The average Bonchev–Trinajstić information content (AvgIpc) is 1.98. The molecule has 0 heterocycles. The summed E-state index contributed by atoms with van der Waals surface area (Å²) in [7, 11) is 0. The lowest BCUT2D eigenvalue weighted by molar-refractivity contribution is -0.132. The average molecular weight is 200 g/mol. The zero-order valence-electron chi connectivity index (χ0n) is 9.13. The summed E-state index contributed by atoms with van der Waals surface area (Å²) in [4.78, 5) is 11.7. The predicted octanol–water partition coefficient (Wildman–Crippen LogP) is 0.143. The minimum absolute atomic E-state index is 0.144. The molecular weight excluding hydrogens is 180 g/mol. The highest BCUT2D eigenvalue weighted by Gasteiger charge is 2.42. The molecule has 1 saturated carbocycles. The van der Waals surface area contributed by atoms with E-state index in [2.05, 4.69) is 5.32 Å². The molecule has 1 aliphatic carbocycles. The molecule has 0 aromatic heterocycles. The lowest BCUT2D eigenvalue weighted by atomic mass is 9.76. The molecule has 0 bridgehead atoms. The van der Waals surface area contributed by atoms with Crippen molar-refractivity contribution >= 4 is 5.91 Å². The van der Waals surface area contributed by atoms with Gasteiger partial charge in [-0.15, -0.1) is 0 Å². The maximum absolute atomic E-state index is 11.7. The molecule has 4 N–H and O–H groups in total. The van der Waals surface area contributed by atoms with Crippen molar-refractivity contribution in [3.63, 3.8) is 0 Å². The van der Waals surface area contributed by atoms with Crippen LogP contribution in [0.15, 0.2) is 0 Å². The minimum atomic E-state index is -0.688. The van der Waals surface area contributed by atoms with Gasteiger partial charge in [0.1, 0.15) is 0 Å². The fourth-order valence-electron chi connectivity index (χ4n) is 1.31. The van der Waals surface area contributed by atoms with Crippen LogP contribution in [-0.4, -0.2) is 28.2 Å². The molecule has 1 aliphatic rings. The first-order chi connectivity index (χ1) is 6.28. The van der Waals surface area contributed by atoms with E-state index in [9.17, 15) is 9.90 Å². The van der Waals surface area contributed by atoms with Crippen molar-refractivity contribution in [2.75, 3.05) is 0 Å². The normalized spacial score (nSPS) is 22.4. The van der Waals surface area contributed by atoms with Crippen LogP contribution in [0.3, 0.4) is 0 Å². The summed E-state index contributed by atoms with van der Waals surface area (Å²) in [5, 5.41) is 12.2. The zero-order valence-corrected chi connectivity index (χ0v) is 9.13. The maximum Gasteiger partial charge on any atom is 0.240 e. The summed E-state index contributed by atoms with van der Waals surface area (Å²) in [6.45, 7) is 5.24. The van der Waals surface area contributed by atoms with E-state index in [0.29, 0.717) is 0 Å². The number of aliphatic hydroxyl groups is 1. The molecule has 4 heteroatoms. The Balaban J connectivity index is 2.56. The highest BCUT2D eigenvalue weighted by atomic mass is 16.3.